The van der Waals surface area contributed by atoms with Gasteiger partial charge in [0.25, 0.3) is 11.1 Å². The van der Waals surface area contributed by atoms with E-state index in [1.54, 1.807) is 30.0 Å². The van der Waals surface area contributed by atoms with Crippen LogP contribution in [0.2, 0.25) is 0 Å². The van der Waals surface area contributed by atoms with E-state index in [1.165, 1.54) is 27.4 Å². The lowest BCUT2D eigenvalue weighted by molar-refractivity contribution is -0.127. The monoisotopic (exact) mass is 474 g/mol. The molecule has 0 bridgehead atoms. The minimum Gasteiger partial charge on any atom is -0.496 e. The number of carbonyl (C=O) groups is 3. The molecule has 0 saturated carbocycles. The van der Waals surface area contributed by atoms with E-state index in [4.69, 9.17) is 14.2 Å². The summed E-state index contributed by atoms with van der Waals surface area (Å²) in [6.45, 7) is -0.380. The molecule has 0 spiro atoms. The maximum atomic E-state index is 12.8. The van der Waals surface area contributed by atoms with E-state index in [1.807, 2.05) is 24.5 Å². The Labute approximate surface area is 194 Å². The fourth-order valence-electron chi connectivity index (χ4n) is 2.99. The van der Waals surface area contributed by atoms with Crippen molar-refractivity contribution in [3.63, 3.8) is 0 Å². The number of carbonyl (C=O) groups excluding carboxylic acids is 3. The summed E-state index contributed by atoms with van der Waals surface area (Å²) in [4.78, 5) is 39.8. The molecule has 1 aliphatic rings. The zero-order chi connectivity index (χ0) is 23.3. The van der Waals surface area contributed by atoms with Crippen LogP contribution in [-0.2, 0) is 9.59 Å². The van der Waals surface area contributed by atoms with Gasteiger partial charge in [0.15, 0.2) is 11.5 Å². The van der Waals surface area contributed by atoms with Crippen molar-refractivity contribution in [3.8, 4) is 17.2 Å². The molecular weight excluding hydrogens is 452 g/mol. The Morgan fingerprint density at radius 3 is 2.41 bits per heavy atom. The largest absolute Gasteiger partial charge is 0.496 e. The van der Waals surface area contributed by atoms with E-state index < -0.39 is 17.1 Å². The fourth-order valence-corrected chi connectivity index (χ4v) is 4.28. The zero-order valence-electron chi connectivity index (χ0n) is 18.0. The Morgan fingerprint density at radius 1 is 1.06 bits per heavy atom. The highest BCUT2D eigenvalue weighted by Gasteiger charge is 2.36. The predicted octanol–water partition coefficient (Wildman–Crippen LogP) is 4.11. The number of imide groups is 1. The number of rotatable bonds is 8. The third kappa shape index (κ3) is 5.20. The first-order chi connectivity index (χ1) is 15.4. The van der Waals surface area contributed by atoms with Crippen LogP contribution in [0.4, 0.5) is 10.5 Å². The average Bonchev–Trinajstić information content (AvgIpc) is 3.05. The van der Waals surface area contributed by atoms with Gasteiger partial charge in [-0.15, -0.1) is 11.8 Å². The smallest absolute Gasteiger partial charge is 0.294 e. The molecule has 0 aromatic heterocycles. The third-order valence-electron chi connectivity index (χ3n) is 4.55. The highest BCUT2D eigenvalue weighted by molar-refractivity contribution is 8.18. The average molecular weight is 475 g/mol. The molecule has 1 heterocycles. The molecule has 2 aromatic carbocycles. The van der Waals surface area contributed by atoms with Crippen molar-refractivity contribution >= 4 is 52.3 Å². The van der Waals surface area contributed by atoms with E-state index in [9.17, 15) is 14.4 Å². The number of anilines is 1. The van der Waals surface area contributed by atoms with E-state index in [-0.39, 0.29) is 11.4 Å². The third-order valence-corrected chi connectivity index (χ3v) is 6.18. The van der Waals surface area contributed by atoms with Crippen LogP contribution < -0.4 is 19.5 Å². The summed E-state index contributed by atoms with van der Waals surface area (Å²) in [6.07, 6.45) is 3.46. The Morgan fingerprint density at radius 2 is 1.75 bits per heavy atom. The fraction of sp³-hybridized carbons (Fsp3) is 0.227. The second-order valence-electron chi connectivity index (χ2n) is 6.50. The highest BCUT2D eigenvalue weighted by Crippen LogP contribution is 2.38. The molecule has 0 radical (unpaired) electrons. The maximum absolute atomic E-state index is 12.8. The summed E-state index contributed by atoms with van der Waals surface area (Å²) in [5.74, 6) is 0.351. The Balaban J connectivity index is 1.78. The molecule has 2 aromatic rings. The van der Waals surface area contributed by atoms with Crippen LogP contribution in [0.25, 0.3) is 6.08 Å². The summed E-state index contributed by atoms with van der Waals surface area (Å²) in [7, 11) is 4.49. The van der Waals surface area contributed by atoms with Crippen molar-refractivity contribution in [1.82, 2.24) is 4.90 Å². The first kappa shape index (κ1) is 23.6. The molecule has 0 aliphatic carbocycles. The summed E-state index contributed by atoms with van der Waals surface area (Å²) < 4.78 is 15.9. The molecule has 1 saturated heterocycles. The number of hydrogen-bond donors (Lipinski definition) is 1. The number of thioether (sulfide) groups is 2. The number of amides is 3. The van der Waals surface area contributed by atoms with E-state index in [0.717, 1.165) is 21.6 Å². The van der Waals surface area contributed by atoms with E-state index >= 15 is 0 Å². The number of nitrogens with zero attached hydrogens (tertiary/aromatic N) is 1. The van der Waals surface area contributed by atoms with Gasteiger partial charge in [-0.3, -0.25) is 19.3 Å². The summed E-state index contributed by atoms with van der Waals surface area (Å²) in [5.41, 5.74) is 1.13. The number of benzene rings is 2. The summed E-state index contributed by atoms with van der Waals surface area (Å²) in [6, 6.07) is 10.6. The minimum absolute atomic E-state index is 0.178. The number of nitrogens with one attached hydrogen (secondary N) is 1. The maximum Gasteiger partial charge on any atom is 0.294 e. The van der Waals surface area contributed by atoms with Gasteiger partial charge in [-0.2, -0.15) is 0 Å². The van der Waals surface area contributed by atoms with Crippen molar-refractivity contribution in [2.45, 2.75) is 4.90 Å². The van der Waals surface area contributed by atoms with Gasteiger partial charge >= 0.3 is 0 Å². The Kier molecular flexibility index (Phi) is 7.70. The molecule has 168 valence electrons. The van der Waals surface area contributed by atoms with Crippen LogP contribution in [0.15, 0.2) is 46.2 Å². The van der Waals surface area contributed by atoms with Gasteiger partial charge in [-0.25, -0.2) is 0 Å². The lowest BCUT2D eigenvalue weighted by Crippen LogP contribution is -2.36. The Hall–Kier alpha value is -3.11. The predicted molar refractivity (Wildman–Crippen MR) is 126 cm³/mol. The lowest BCUT2D eigenvalue weighted by Gasteiger charge is -2.13. The normalized spacial score (nSPS) is 14.6. The molecule has 1 aliphatic heterocycles. The minimum atomic E-state index is -0.551. The summed E-state index contributed by atoms with van der Waals surface area (Å²) >= 11 is 2.31. The van der Waals surface area contributed by atoms with Crippen molar-refractivity contribution in [2.24, 2.45) is 0 Å². The van der Waals surface area contributed by atoms with E-state index in [0.29, 0.717) is 28.5 Å². The molecule has 3 amide bonds. The van der Waals surface area contributed by atoms with Crippen molar-refractivity contribution in [1.29, 1.82) is 0 Å². The standard InChI is InChI=1S/C22H22N2O6S2/c1-28-16-11-18(30-3)17(29-2)8-13(16)9-19-21(26)24(22(27)32-19)12-20(25)23-14-6-5-7-15(10-14)31-4/h5-11H,12H2,1-4H3,(H,23,25)/b19-9+. The quantitative estimate of drug-likeness (QED) is 0.451. The topological polar surface area (TPSA) is 94.2 Å². The van der Waals surface area contributed by atoms with Crippen molar-refractivity contribution < 1.29 is 28.6 Å². The SMILES string of the molecule is COc1cc(OC)c(OC)cc1/C=C1/SC(=O)N(CC(=O)Nc2cccc(SC)c2)C1=O. The first-order valence-corrected chi connectivity index (χ1v) is 11.4. The van der Waals surface area contributed by atoms with Crippen molar-refractivity contribution in [2.75, 3.05) is 39.4 Å². The second-order valence-corrected chi connectivity index (χ2v) is 8.37. The molecule has 1 N–H and O–H groups in total. The van der Waals surface area contributed by atoms with Crippen LogP contribution in [-0.4, -0.2) is 56.1 Å². The molecule has 0 unspecified atom stereocenters. The molecule has 0 atom stereocenters. The molecule has 10 heteroatoms. The van der Waals surface area contributed by atoms with Gasteiger partial charge in [-0.05, 0) is 48.4 Å². The first-order valence-electron chi connectivity index (χ1n) is 9.39. The molecule has 1 fully saturated rings. The zero-order valence-corrected chi connectivity index (χ0v) is 19.6. The Bertz CT molecular complexity index is 1090. The number of methoxy groups -OCH3 is 3. The highest BCUT2D eigenvalue weighted by atomic mass is 32.2. The lowest BCUT2D eigenvalue weighted by atomic mass is 10.1. The van der Waals surface area contributed by atoms with Crippen LogP contribution in [0.1, 0.15) is 5.56 Å². The second kappa shape index (κ2) is 10.5. The molecular formula is C22H22N2O6S2. The van der Waals surface area contributed by atoms with Crippen molar-refractivity contribution in [3.05, 3.63) is 46.9 Å². The van der Waals surface area contributed by atoms with Gasteiger partial charge in [0, 0.05) is 22.2 Å². The van der Waals surface area contributed by atoms with Crippen LogP contribution in [0, 0.1) is 0 Å². The number of ether oxygens (including phenoxy) is 3. The molecule has 3 rings (SSSR count). The van der Waals surface area contributed by atoms with E-state index in [2.05, 4.69) is 5.32 Å². The van der Waals surface area contributed by atoms with Gasteiger partial charge in [-0.1, -0.05) is 6.07 Å². The van der Waals surface area contributed by atoms with Crippen LogP contribution in [0.3, 0.4) is 0 Å². The van der Waals surface area contributed by atoms with Crippen LogP contribution >= 0.6 is 23.5 Å². The van der Waals surface area contributed by atoms with Gasteiger partial charge in [0.05, 0.1) is 26.2 Å². The van der Waals surface area contributed by atoms with Crippen LogP contribution in [0.5, 0.6) is 17.2 Å². The van der Waals surface area contributed by atoms with Gasteiger partial charge in [0.1, 0.15) is 12.3 Å². The number of hydrogen-bond acceptors (Lipinski definition) is 8. The summed E-state index contributed by atoms with van der Waals surface area (Å²) in [5, 5.41) is 2.20. The van der Waals surface area contributed by atoms with Gasteiger partial charge in [0.2, 0.25) is 5.91 Å². The molecule has 32 heavy (non-hydrogen) atoms. The molecule has 8 nitrogen and oxygen atoms in total. The van der Waals surface area contributed by atoms with Gasteiger partial charge < -0.3 is 19.5 Å².